The van der Waals surface area contributed by atoms with E-state index < -0.39 is 11.4 Å². The van der Waals surface area contributed by atoms with Crippen molar-refractivity contribution in [1.29, 1.82) is 0 Å². The lowest BCUT2D eigenvalue weighted by Gasteiger charge is -2.23. The summed E-state index contributed by atoms with van der Waals surface area (Å²) in [5.41, 5.74) is 1.26. The summed E-state index contributed by atoms with van der Waals surface area (Å²) < 4.78 is 10.1. The van der Waals surface area contributed by atoms with Crippen LogP contribution in [-0.4, -0.2) is 25.1 Å². The van der Waals surface area contributed by atoms with E-state index >= 15 is 0 Å². The third-order valence-corrected chi connectivity index (χ3v) is 3.88. The third-order valence-electron chi connectivity index (χ3n) is 3.88. The summed E-state index contributed by atoms with van der Waals surface area (Å²) in [6.07, 6.45) is 0.653. The van der Waals surface area contributed by atoms with Gasteiger partial charge in [-0.15, -0.1) is 0 Å². The van der Waals surface area contributed by atoms with E-state index in [1.807, 2.05) is 44.2 Å². The molecule has 1 N–H and O–H groups in total. The number of esters is 1. The van der Waals surface area contributed by atoms with Crippen LogP contribution in [0.15, 0.2) is 54.6 Å². The van der Waals surface area contributed by atoms with Gasteiger partial charge in [0.05, 0.1) is 6.61 Å². The lowest BCUT2D eigenvalue weighted by Crippen LogP contribution is -2.32. The average Bonchev–Trinajstić information content (AvgIpc) is 2.62. The Morgan fingerprint density at radius 3 is 2.27 bits per heavy atom. The molecule has 0 radical (unpaired) electrons. The van der Waals surface area contributed by atoms with E-state index in [1.165, 1.54) is 0 Å². The van der Waals surface area contributed by atoms with E-state index in [0.717, 1.165) is 5.56 Å². The van der Waals surface area contributed by atoms with Gasteiger partial charge in [-0.1, -0.05) is 44.2 Å². The Labute approximate surface area is 154 Å². The van der Waals surface area contributed by atoms with E-state index in [2.05, 4.69) is 5.32 Å². The van der Waals surface area contributed by atoms with Crippen molar-refractivity contribution in [2.45, 2.75) is 27.2 Å². The molecule has 0 atom stereocenters. The van der Waals surface area contributed by atoms with Gasteiger partial charge in [-0.05, 0) is 43.2 Å². The number of benzene rings is 2. The van der Waals surface area contributed by atoms with Crippen LogP contribution in [0, 0.1) is 5.41 Å². The fourth-order valence-electron chi connectivity index (χ4n) is 2.47. The molecule has 2 aromatic rings. The largest absolute Gasteiger partial charge is 0.482 e. The van der Waals surface area contributed by atoms with Crippen molar-refractivity contribution in [2.75, 3.05) is 18.5 Å². The molecular formula is C21H25NO4. The van der Waals surface area contributed by atoms with Crippen LogP contribution in [0.1, 0.15) is 26.3 Å². The van der Waals surface area contributed by atoms with Gasteiger partial charge in [0.1, 0.15) is 5.75 Å². The Kier molecular flexibility index (Phi) is 6.78. The Hall–Kier alpha value is -2.82. The molecule has 0 saturated heterocycles. The highest BCUT2D eigenvalue weighted by Gasteiger charge is 2.27. The normalized spacial score (nSPS) is 10.9. The minimum Gasteiger partial charge on any atom is -0.482 e. The Bertz CT molecular complexity index is 723. The van der Waals surface area contributed by atoms with E-state index in [4.69, 9.17) is 9.47 Å². The Balaban J connectivity index is 1.91. The van der Waals surface area contributed by atoms with Crippen LogP contribution in [0.4, 0.5) is 5.69 Å². The van der Waals surface area contributed by atoms with Crippen molar-refractivity contribution in [3.63, 3.8) is 0 Å². The van der Waals surface area contributed by atoms with E-state index in [1.54, 1.807) is 31.2 Å². The summed E-state index contributed by atoms with van der Waals surface area (Å²) in [5, 5.41) is 2.93. The van der Waals surface area contributed by atoms with Crippen molar-refractivity contribution in [3.8, 4) is 5.75 Å². The van der Waals surface area contributed by atoms with Crippen molar-refractivity contribution in [1.82, 2.24) is 0 Å². The molecule has 5 heteroatoms. The first-order valence-corrected chi connectivity index (χ1v) is 8.64. The molecule has 0 aliphatic carbocycles. The van der Waals surface area contributed by atoms with Gasteiger partial charge in [-0.3, -0.25) is 4.79 Å². The number of nitrogens with one attached hydrogen (secondary N) is 1. The number of amides is 1. The molecule has 0 aliphatic rings. The second-order valence-corrected chi connectivity index (χ2v) is 6.62. The molecule has 2 rings (SSSR count). The third kappa shape index (κ3) is 5.92. The molecule has 0 saturated carbocycles. The minimum absolute atomic E-state index is 0.0541. The van der Waals surface area contributed by atoms with Gasteiger partial charge in [-0.25, -0.2) is 4.79 Å². The number of hydrogen-bond acceptors (Lipinski definition) is 4. The quantitative estimate of drug-likeness (QED) is 0.731. The molecule has 26 heavy (non-hydrogen) atoms. The maximum absolute atomic E-state index is 12.6. The Morgan fingerprint density at radius 1 is 1.00 bits per heavy atom. The number of carbonyl (C=O) groups excluding carboxylic acids is 2. The summed E-state index contributed by atoms with van der Waals surface area (Å²) >= 11 is 0. The molecule has 0 aromatic heterocycles. The first kappa shape index (κ1) is 19.5. The van der Waals surface area contributed by atoms with Gasteiger partial charge in [0.15, 0.2) is 6.61 Å². The first-order valence-electron chi connectivity index (χ1n) is 8.64. The SMILES string of the molecule is CCOC(=O)COc1ccc(NC(=O)C(C)(C)Cc2ccccc2)cc1. The maximum atomic E-state index is 12.6. The van der Waals surface area contributed by atoms with Gasteiger partial charge in [-0.2, -0.15) is 0 Å². The molecule has 0 fully saturated rings. The highest BCUT2D eigenvalue weighted by molar-refractivity contribution is 5.95. The van der Waals surface area contributed by atoms with Crippen LogP contribution in [0.25, 0.3) is 0 Å². The monoisotopic (exact) mass is 355 g/mol. The molecule has 0 heterocycles. The molecule has 1 amide bonds. The molecule has 0 unspecified atom stereocenters. The number of anilines is 1. The van der Waals surface area contributed by atoms with Crippen LogP contribution in [0.3, 0.4) is 0 Å². The number of carbonyl (C=O) groups is 2. The van der Waals surface area contributed by atoms with E-state index in [-0.39, 0.29) is 12.5 Å². The van der Waals surface area contributed by atoms with Crippen molar-refractivity contribution < 1.29 is 19.1 Å². The summed E-state index contributed by atoms with van der Waals surface area (Å²) in [7, 11) is 0. The van der Waals surface area contributed by atoms with Crippen LogP contribution in [-0.2, 0) is 20.7 Å². The van der Waals surface area contributed by atoms with Crippen LogP contribution >= 0.6 is 0 Å². The number of rotatable bonds is 8. The summed E-state index contributed by atoms with van der Waals surface area (Å²) in [4.78, 5) is 23.9. The molecule has 138 valence electrons. The zero-order chi connectivity index (χ0) is 19.0. The zero-order valence-electron chi connectivity index (χ0n) is 15.5. The van der Waals surface area contributed by atoms with Gasteiger partial charge >= 0.3 is 5.97 Å². The predicted octanol–water partition coefficient (Wildman–Crippen LogP) is 3.84. The fourth-order valence-corrected chi connectivity index (χ4v) is 2.47. The van der Waals surface area contributed by atoms with Crippen molar-refractivity contribution >= 4 is 17.6 Å². The van der Waals surface area contributed by atoms with Crippen molar-refractivity contribution in [2.24, 2.45) is 5.41 Å². The predicted molar refractivity (Wildman–Crippen MR) is 101 cm³/mol. The second kappa shape index (κ2) is 9.04. The Morgan fingerprint density at radius 2 is 1.65 bits per heavy atom. The minimum atomic E-state index is -0.541. The standard InChI is InChI=1S/C21H25NO4/c1-4-25-19(23)15-26-18-12-10-17(11-13-18)22-20(24)21(2,3)14-16-8-6-5-7-9-16/h5-13H,4,14-15H2,1-3H3,(H,22,24). The summed E-state index contributed by atoms with van der Waals surface area (Å²) in [5.74, 6) is 0.0775. The summed E-state index contributed by atoms with van der Waals surface area (Å²) in [6, 6.07) is 16.8. The van der Waals surface area contributed by atoms with Gasteiger partial charge < -0.3 is 14.8 Å². The molecule has 0 aliphatic heterocycles. The van der Waals surface area contributed by atoms with Crippen LogP contribution in [0.2, 0.25) is 0 Å². The highest BCUT2D eigenvalue weighted by Crippen LogP contribution is 2.25. The van der Waals surface area contributed by atoms with E-state index in [0.29, 0.717) is 24.5 Å². The van der Waals surface area contributed by atoms with Crippen LogP contribution < -0.4 is 10.1 Å². The smallest absolute Gasteiger partial charge is 0.344 e. The topological polar surface area (TPSA) is 64.6 Å². The maximum Gasteiger partial charge on any atom is 0.344 e. The lowest BCUT2D eigenvalue weighted by molar-refractivity contribution is -0.145. The molecule has 0 spiro atoms. The first-order chi connectivity index (χ1) is 12.4. The van der Waals surface area contributed by atoms with Crippen LogP contribution in [0.5, 0.6) is 5.75 Å². The molecule has 0 bridgehead atoms. The van der Waals surface area contributed by atoms with E-state index in [9.17, 15) is 9.59 Å². The van der Waals surface area contributed by atoms with Gasteiger partial charge in [0.2, 0.25) is 5.91 Å². The molecule has 2 aromatic carbocycles. The fraction of sp³-hybridized carbons (Fsp3) is 0.333. The molecular weight excluding hydrogens is 330 g/mol. The number of ether oxygens (including phenoxy) is 2. The molecule has 5 nitrogen and oxygen atoms in total. The summed E-state index contributed by atoms with van der Waals surface area (Å²) in [6.45, 7) is 5.78. The lowest BCUT2D eigenvalue weighted by atomic mass is 9.84. The van der Waals surface area contributed by atoms with Gasteiger partial charge in [0, 0.05) is 11.1 Å². The number of hydrogen-bond donors (Lipinski definition) is 1. The second-order valence-electron chi connectivity index (χ2n) is 6.62. The highest BCUT2D eigenvalue weighted by atomic mass is 16.6. The average molecular weight is 355 g/mol. The zero-order valence-corrected chi connectivity index (χ0v) is 15.5. The van der Waals surface area contributed by atoms with Gasteiger partial charge in [0.25, 0.3) is 0 Å². The van der Waals surface area contributed by atoms with Crippen molar-refractivity contribution in [3.05, 3.63) is 60.2 Å².